The van der Waals surface area contributed by atoms with E-state index in [0.29, 0.717) is 13.1 Å². The van der Waals surface area contributed by atoms with Crippen molar-refractivity contribution in [3.8, 4) is 5.75 Å². The van der Waals surface area contributed by atoms with Gasteiger partial charge in [0.15, 0.2) is 5.54 Å². The van der Waals surface area contributed by atoms with Crippen LogP contribution in [0.4, 0.5) is 0 Å². The summed E-state index contributed by atoms with van der Waals surface area (Å²) in [6.45, 7) is 5.26. The molecule has 1 fully saturated rings. The van der Waals surface area contributed by atoms with E-state index in [4.69, 9.17) is 4.74 Å². The first-order valence-corrected chi connectivity index (χ1v) is 8.79. The second-order valence-corrected chi connectivity index (χ2v) is 6.98. The molecule has 0 aliphatic carbocycles. The highest BCUT2D eigenvalue weighted by Gasteiger charge is 2.53. The maximum absolute atomic E-state index is 13.3. The lowest BCUT2D eigenvalue weighted by atomic mass is 9.83. The number of aromatic nitrogens is 1. The number of nitrogens with zero attached hydrogens (tertiary/aromatic N) is 2. The van der Waals surface area contributed by atoms with E-state index < -0.39 is 5.54 Å². The average Bonchev–Trinajstić information content (AvgIpc) is 2.99. The van der Waals surface area contributed by atoms with E-state index in [1.807, 2.05) is 32.0 Å². The van der Waals surface area contributed by atoms with Gasteiger partial charge in [0.25, 0.3) is 5.91 Å². The number of nitrogens with one attached hydrogen (secondary N) is 1. The van der Waals surface area contributed by atoms with Gasteiger partial charge < -0.3 is 19.5 Å². The van der Waals surface area contributed by atoms with Gasteiger partial charge >= 0.3 is 0 Å². The Bertz CT molecular complexity index is 872. The van der Waals surface area contributed by atoms with Gasteiger partial charge in [-0.05, 0) is 43.5 Å². The summed E-state index contributed by atoms with van der Waals surface area (Å²) >= 11 is 0. The molecule has 2 aliphatic heterocycles. The number of ether oxygens (including phenoxy) is 1. The zero-order valence-electron chi connectivity index (χ0n) is 14.9. The smallest absolute Gasteiger partial charge is 0.254 e. The third-order valence-electron chi connectivity index (χ3n) is 5.55. The van der Waals surface area contributed by atoms with Crippen LogP contribution in [0.1, 0.15) is 31.5 Å². The fourth-order valence-corrected chi connectivity index (χ4v) is 4.29. The van der Waals surface area contributed by atoms with Crippen LogP contribution >= 0.6 is 0 Å². The summed E-state index contributed by atoms with van der Waals surface area (Å²) in [7, 11) is 1.65. The van der Waals surface area contributed by atoms with Crippen molar-refractivity contribution in [3.63, 3.8) is 0 Å². The van der Waals surface area contributed by atoms with Crippen molar-refractivity contribution >= 4 is 22.7 Å². The van der Waals surface area contributed by atoms with Crippen LogP contribution in [0.5, 0.6) is 5.75 Å². The molecular weight excluding hydrogens is 318 g/mol. The number of piperazine rings is 1. The summed E-state index contributed by atoms with van der Waals surface area (Å²) in [6.07, 6.45) is 1.58. The molecule has 1 saturated heterocycles. The number of benzene rings is 1. The van der Waals surface area contributed by atoms with Crippen molar-refractivity contribution in [2.24, 2.45) is 0 Å². The second kappa shape index (κ2) is 5.51. The lowest BCUT2D eigenvalue weighted by Gasteiger charge is -2.49. The first-order chi connectivity index (χ1) is 12.0. The number of amides is 2. The van der Waals surface area contributed by atoms with E-state index in [-0.39, 0.29) is 18.4 Å². The van der Waals surface area contributed by atoms with E-state index in [1.165, 1.54) is 0 Å². The third kappa shape index (κ3) is 2.09. The zero-order valence-corrected chi connectivity index (χ0v) is 14.9. The van der Waals surface area contributed by atoms with Crippen LogP contribution in [0.25, 0.3) is 10.9 Å². The SMILES string of the molecule is CCCN1CC(=O)N2CCc3c([nH]c4ccc(OC)cc34)[C@@]2(C)C1=O. The number of hydrogen-bond acceptors (Lipinski definition) is 3. The highest BCUT2D eigenvalue weighted by atomic mass is 16.5. The van der Waals surface area contributed by atoms with Crippen LogP contribution in [0.3, 0.4) is 0 Å². The van der Waals surface area contributed by atoms with Crippen molar-refractivity contribution < 1.29 is 14.3 Å². The fourth-order valence-electron chi connectivity index (χ4n) is 4.29. The van der Waals surface area contributed by atoms with Crippen molar-refractivity contribution in [3.05, 3.63) is 29.5 Å². The van der Waals surface area contributed by atoms with Gasteiger partial charge in [-0.1, -0.05) is 6.92 Å². The van der Waals surface area contributed by atoms with Gasteiger partial charge in [-0.15, -0.1) is 0 Å². The van der Waals surface area contributed by atoms with Crippen molar-refractivity contribution in [1.29, 1.82) is 0 Å². The number of H-pyrrole nitrogens is 1. The molecule has 1 aromatic heterocycles. The molecule has 0 saturated carbocycles. The molecular formula is C19H23N3O3. The molecule has 2 aromatic rings. The largest absolute Gasteiger partial charge is 0.497 e. The predicted octanol–water partition coefficient (Wildman–Crippen LogP) is 2.03. The molecule has 4 rings (SSSR count). The summed E-state index contributed by atoms with van der Waals surface area (Å²) in [6, 6.07) is 5.88. The number of carbonyl (C=O) groups is 2. The number of rotatable bonds is 3. The summed E-state index contributed by atoms with van der Waals surface area (Å²) in [4.78, 5) is 32.8. The first kappa shape index (κ1) is 16.0. The number of methoxy groups -OCH3 is 1. The Labute approximate surface area is 146 Å². The molecule has 0 spiro atoms. The molecule has 132 valence electrons. The lowest BCUT2D eigenvalue weighted by Crippen LogP contribution is -2.66. The Kier molecular flexibility index (Phi) is 3.52. The maximum Gasteiger partial charge on any atom is 0.254 e. The Morgan fingerprint density at radius 3 is 2.84 bits per heavy atom. The van der Waals surface area contributed by atoms with E-state index in [0.717, 1.165) is 40.8 Å². The van der Waals surface area contributed by atoms with Gasteiger partial charge in [-0.2, -0.15) is 0 Å². The molecule has 3 heterocycles. The fraction of sp³-hybridized carbons (Fsp3) is 0.474. The predicted molar refractivity (Wildman–Crippen MR) is 94.5 cm³/mol. The summed E-state index contributed by atoms with van der Waals surface area (Å²) in [5.41, 5.74) is 1.99. The summed E-state index contributed by atoms with van der Waals surface area (Å²) < 4.78 is 5.35. The van der Waals surface area contributed by atoms with Gasteiger partial charge in [-0.3, -0.25) is 9.59 Å². The summed E-state index contributed by atoms with van der Waals surface area (Å²) in [5.74, 6) is 0.825. The normalized spacial score (nSPS) is 23.0. The number of hydrogen-bond donors (Lipinski definition) is 1. The average molecular weight is 341 g/mol. The van der Waals surface area contributed by atoms with Crippen molar-refractivity contribution in [2.75, 3.05) is 26.7 Å². The maximum atomic E-state index is 13.3. The van der Waals surface area contributed by atoms with E-state index in [9.17, 15) is 9.59 Å². The topological polar surface area (TPSA) is 65.6 Å². The minimum Gasteiger partial charge on any atom is -0.497 e. The number of carbonyl (C=O) groups excluding carboxylic acids is 2. The van der Waals surface area contributed by atoms with E-state index in [1.54, 1.807) is 16.9 Å². The van der Waals surface area contributed by atoms with Gasteiger partial charge in [0, 0.05) is 24.0 Å². The molecule has 1 N–H and O–H groups in total. The number of fused-ring (bicyclic) bond motifs is 5. The van der Waals surface area contributed by atoms with Crippen LogP contribution in [0, 0.1) is 0 Å². The Morgan fingerprint density at radius 2 is 2.12 bits per heavy atom. The van der Waals surface area contributed by atoms with Crippen LogP contribution in [-0.2, 0) is 21.5 Å². The van der Waals surface area contributed by atoms with Crippen LogP contribution in [0.15, 0.2) is 18.2 Å². The molecule has 6 heteroatoms. The molecule has 0 radical (unpaired) electrons. The zero-order chi connectivity index (χ0) is 17.8. The van der Waals surface area contributed by atoms with Crippen molar-refractivity contribution in [2.45, 2.75) is 32.2 Å². The van der Waals surface area contributed by atoms with E-state index in [2.05, 4.69) is 4.98 Å². The molecule has 25 heavy (non-hydrogen) atoms. The lowest BCUT2D eigenvalue weighted by molar-refractivity contribution is -0.165. The molecule has 6 nitrogen and oxygen atoms in total. The molecule has 2 amide bonds. The minimum atomic E-state index is -0.954. The first-order valence-electron chi connectivity index (χ1n) is 8.79. The van der Waals surface area contributed by atoms with E-state index >= 15 is 0 Å². The van der Waals surface area contributed by atoms with Crippen molar-refractivity contribution in [1.82, 2.24) is 14.8 Å². The molecule has 0 unspecified atom stereocenters. The van der Waals surface area contributed by atoms with Gasteiger partial charge in [0.2, 0.25) is 5.91 Å². The Hall–Kier alpha value is -2.50. The molecule has 0 bridgehead atoms. The second-order valence-electron chi connectivity index (χ2n) is 6.98. The summed E-state index contributed by atoms with van der Waals surface area (Å²) in [5, 5.41) is 1.07. The van der Waals surface area contributed by atoms with Crippen LogP contribution in [-0.4, -0.2) is 53.3 Å². The molecule has 2 aliphatic rings. The monoisotopic (exact) mass is 341 g/mol. The Balaban J connectivity index is 1.90. The van der Waals surface area contributed by atoms with Gasteiger partial charge in [-0.25, -0.2) is 0 Å². The highest BCUT2D eigenvalue weighted by molar-refractivity contribution is 6.00. The minimum absolute atomic E-state index is 0.00780. The van der Waals surface area contributed by atoms with Crippen LogP contribution in [0.2, 0.25) is 0 Å². The van der Waals surface area contributed by atoms with Crippen LogP contribution < -0.4 is 4.74 Å². The van der Waals surface area contributed by atoms with Gasteiger partial charge in [0.05, 0.1) is 19.3 Å². The highest BCUT2D eigenvalue weighted by Crippen LogP contribution is 2.42. The Morgan fingerprint density at radius 1 is 1.32 bits per heavy atom. The third-order valence-corrected chi connectivity index (χ3v) is 5.55. The molecule has 1 atom stereocenters. The quantitative estimate of drug-likeness (QED) is 0.929. The standard InChI is InChI=1S/C19H23N3O3/c1-4-8-21-11-16(23)22-9-7-13-14-10-12(25-3)5-6-15(14)20-17(13)19(22,2)18(21)24/h5-6,10,20H,4,7-9,11H2,1-3H3/t19-/m0/s1. The molecule has 1 aromatic carbocycles. The number of aromatic amines is 1. The van der Waals surface area contributed by atoms with Gasteiger partial charge in [0.1, 0.15) is 5.75 Å².